The molecule has 10 nitrogen and oxygen atoms in total. The van der Waals surface area contributed by atoms with Gasteiger partial charge in [-0.2, -0.15) is 0 Å². The van der Waals surface area contributed by atoms with Crippen LogP contribution in [0.2, 0.25) is 0 Å². The van der Waals surface area contributed by atoms with Crippen molar-refractivity contribution in [1.82, 2.24) is 24.0 Å². The lowest BCUT2D eigenvalue weighted by Gasteiger charge is -2.11. The molecular formula is C19H21BrN6O4. The monoisotopic (exact) mass is 476 g/mol. The minimum absolute atomic E-state index is 0.0631. The number of amides is 2. The van der Waals surface area contributed by atoms with E-state index in [4.69, 9.17) is 0 Å². The van der Waals surface area contributed by atoms with Crippen LogP contribution >= 0.6 is 15.9 Å². The van der Waals surface area contributed by atoms with Gasteiger partial charge in [0.15, 0.2) is 15.9 Å². The minimum atomic E-state index is -0.554. The molecule has 0 bridgehead atoms. The Morgan fingerprint density at radius 1 is 1.10 bits per heavy atom. The highest BCUT2D eigenvalue weighted by molar-refractivity contribution is 9.10. The van der Waals surface area contributed by atoms with Gasteiger partial charge in [-0.3, -0.25) is 28.1 Å². The van der Waals surface area contributed by atoms with Gasteiger partial charge >= 0.3 is 5.69 Å². The summed E-state index contributed by atoms with van der Waals surface area (Å²) in [6.07, 6.45) is 0.767. The molecule has 0 spiro atoms. The van der Waals surface area contributed by atoms with Crippen molar-refractivity contribution in [1.29, 1.82) is 0 Å². The third-order valence-electron chi connectivity index (χ3n) is 4.71. The van der Waals surface area contributed by atoms with Crippen LogP contribution in [0.4, 0.5) is 5.69 Å². The molecule has 30 heavy (non-hydrogen) atoms. The standard InChI is InChI=1S/C19H21BrN6O4/c1-4-11-7-5-6-8-12(11)22-13(27)9-21-14(28)10-26-16-15(23-18(26)20)17(29)25(3)19(30)24(16)2/h5-8H,4,9-10H2,1-3H3,(H,21,28)(H,22,27). The van der Waals surface area contributed by atoms with E-state index in [1.165, 1.54) is 23.2 Å². The summed E-state index contributed by atoms with van der Waals surface area (Å²) in [5, 5.41) is 5.31. The van der Waals surface area contributed by atoms with Crippen molar-refractivity contribution in [2.24, 2.45) is 14.1 Å². The number of nitrogens with zero attached hydrogens (tertiary/aromatic N) is 4. The number of aryl methyl sites for hydroxylation is 2. The van der Waals surface area contributed by atoms with E-state index in [-0.39, 0.29) is 34.9 Å². The van der Waals surface area contributed by atoms with E-state index >= 15 is 0 Å². The van der Waals surface area contributed by atoms with E-state index in [0.29, 0.717) is 5.69 Å². The molecule has 0 aliphatic heterocycles. The quantitative estimate of drug-likeness (QED) is 0.502. The minimum Gasteiger partial charge on any atom is -0.345 e. The smallest absolute Gasteiger partial charge is 0.332 e. The number of anilines is 1. The normalized spacial score (nSPS) is 10.9. The van der Waals surface area contributed by atoms with E-state index in [9.17, 15) is 19.2 Å². The molecular weight excluding hydrogens is 456 g/mol. The van der Waals surface area contributed by atoms with Gasteiger partial charge in [-0.05, 0) is 34.0 Å². The molecule has 0 radical (unpaired) electrons. The summed E-state index contributed by atoms with van der Waals surface area (Å²) in [7, 11) is 2.85. The zero-order valence-corrected chi connectivity index (χ0v) is 18.3. The fourth-order valence-electron chi connectivity index (χ4n) is 3.13. The van der Waals surface area contributed by atoms with Crippen molar-refractivity contribution in [3.63, 3.8) is 0 Å². The van der Waals surface area contributed by atoms with E-state index in [0.717, 1.165) is 16.6 Å². The molecule has 2 amide bonds. The Morgan fingerprint density at radius 3 is 2.50 bits per heavy atom. The number of benzene rings is 1. The molecule has 158 valence electrons. The number of imidazole rings is 1. The summed E-state index contributed by atoms with van der Waals surface area (Å²) < 4.78 is 3.82. The van der Waals surface area contributed by atoms with Gasteiger partial charge in [-0.25, -0.2) is 9.78 Å². The highest BCUT2D eigenvalue weighted by Gasteiger charge is 2.19. The molecule has 11 heteroatoms. The summed E-state index contributed by atoms with van der Waals surface area (Å²) >= 11 is 3.22. The van der Waals surface area contributed by atoms with Gasteiger partial charge < -0.3 is 10.6 Å². The fourth-order valence-corrected chi connectivity index (χ4v) is 3.60. The van der Waals surface area contributed by atoms with E-state index < -0.39 is 17.2 Å². The molecule has 2 heterocycles. The molecule has 0 saturated heterocycles. The first kappa shape index (κ1) is 21.5. The van der Waals surface area contributed by atoms with Crippen LogP contribution in [0.25, 0.3) is 11.2 Å². The number of halogens is 1. The Hall–Kier alpha value is -3.21. The van der Waals surface area contributed by atoms with Crippen LogP contribution in [-0.2, 0) is 36.6 Å². The number of carbonyl (C=O) groups is 2. The number of hydrogen-bond acceptors (Lipinski definition) is 5. The predicted molar refractivity (Wildman–Crippen MR) is 115 cm³/mol. The Balaban J connectivity index is 1.73. The lowest BCUT2D eigenvalue weighted by Crippen LogP contribution is -2.38. The first-order chi connectivity index (χ1) is 14.2. The number of nitrogens with one attached hydrogen (secondary N) is 2. The van der Waals surface area contributed by atoms with Crippen molar-refractivity contribution in [3.05, 3.63) is 55.4 Å². The molecule has 0 fully saturated rings. The average molecular weight is 477 g/mol. The van der Waals surface area contributed by atoms with Gasteiger partial charge in [0.1, 0.15) is 6.54 Å². The van der Waals surface area contributed by atoms with Crippen molar-refractivity contribution < 1.29 is 9.59 Å². The molecule has 0 unspecified atom stereocenters. The van der Waals surface area contributed by atoms with Crippen molar-refractivity contribution >= 4 is 44.6 Å². The second-order valence-corrected chi connectivity index (χ2v) is 7.39. The van der Waals surface area contributed by atoms with E-state index in [1.54, 1.807) is 6.07 Å². The summed E-state index contributed by atoms with van der Waals surface area (Å²) in [4.78, 5) is 53.2. The topological polar surface area (TPSA) is 120 Å². The first-order valence-electron chi connectivity index (χ1n) is 9.20. The van der Waals surface area contributed by atoms with Crippen LogP contribution in [0.3, 0.4) is 0 Å². The highest BCUT2D eigenvalue weighted by Crippen LogP contribution is 2.16. The largest absolute Gasteiger partial charge is 0.345 e. The molecule has 0 saturated carbocycles. The Bertz CT molecular complexity index is 1260. The van der Waals surface area contributed by atoms with Gasteiger partial charge in [0.25, 0.3) is 5.56 Å². The fraction of sp³-hybridized carbons (Fsp3) is 0.316. The summed E-state index contributed by atoms with van der Waals surface area (Å²) in [5.41, 5.74) is 0.888. The lowest BCUT2D eigenvalue weighted by molar-refractivity contribution is -0.124. The maximum atomic E-state index is 12.4. The Kier molecular flexibility index (Phi) is 6.20. The number of rotatable bonds is 6. The maximum absolute atomic E-state index is 12.4. The number of hydrogen-bond donors (Lipinski definition) is 2. The van der Waals surface area contributed by atoms with Crippen LogP contribution in [0.15, 0.2) is 38.6 Å². The summed E-state index contributed by atoms with van der Waals surface area (Å²) in [5.74, 6) is -0.831. The number of fused-ring (bicyclic) bond motifs is 1. The third kappa shape index (κ3) is 4.06. The lowest BCUT2D eigenvalue weighted by atomic mass is 10.1. The van der Waals surface area contributed by atoms with Gasteiger partial charge in [0.2, 0.25) is 11.8 Å². The van der Waals surface area contributed by atoms with Crippen LogP contribution in [-0.4, -0.2) is 37.0 Å². The Morgan fingerprint density at radius 2 is 1.80 bits per heavy atom. The zero-order chi connectivity index (χ0) is 22.0. The number of para-hydroxylation sites is 1. The highest BCUT2D eigenvalue weighted by atomic mass is 79.9. The average Bonchev–Trinajstić information content (AvgIpc) is 3.05. The second-order valence-electron chi connectivity index (χ2n) is 6.68. The molecule has 0 aliphatic carbocycles. The number of carbonyl (C=O) groups excluding carboxylic acids is 2. The molecule has 3 aromatic rings. The SMILES string of the molecule is CCc1ccccc1NC(=O)CNC(=O)Cn1c(Br)nc2c(=O)n(C)c(=O)n(C)c21. The molecule has 0 atom stereocenters. The van der Waals surface area contributed by atoms with E-state index in [2.05, 4.69) is 31.5 Å². The third-order valence-corrected chi connectivity index (χ3v) is 5.32. The Labute approximate surface area is 179 Å². The molecule has 2 N–H and O–H groups in total. The maximum Gasteiger partial charge on any atom is 0.332 e. The molecule has 3 rings (SSSR count). The molecule has 0 aliphatic rings. The first-order valence-corrected chi connectivity index (χ1v) is 10.00. The van der Waals surface area contributed by atoms with Gasteiger partial charge in [0, 0.05) is 19.8 Å². The summed E-state index contributed by atoms with van der Waals surface area (Å²) in [6, 6.07) is 7.44. The molecule has 2 aromatic heterocycles. The second kappa shape index (κ2) is 8.66. The van der Waals surface area contributed by atoms with Crippen molar-refractivity contribution in [2.45, 2.75) is 19.9 Å². The van der Waals surface area contributed by atoms with Crippen LogP contribution in [0.5, 0.6) is 0 Å². The van der Waals surface area contributed by atoms with Crippen LogP contribution < -0.4 is 21.9 Å². The van der Waals surface area contributed by atoms with Crippen LogP contribution in [0, 0.1) is 0 Å². The predicted octanol–water partition coefficient (Wildman–Crippen LogP) is 0.513. The van der Waals surface area contributed by atoms with Crippen LogP contribution in [0.1, 0.15) is 12.5 Å². The van der Waals surface area contributed by atoms with Crippen molar-refractivity contribution in [2.75, 3.05) is 11.9 Å². The zero-order valence-electron chi connectivity index (χ0n) is 16.7. The van der Waals surface area contributed by atoms with E-state index in [1.807, 2.05) is 25.1 Å². The van der Waals surface area contributed by atoms with Gasteiger partial charge in [-0.1, -0.05) is 25.1 Å². The van der Waals surface area contributed by atoms with Gasteiger partial charge in [0.05, 0.1) is 6.54 Å². The molecule has 1 aromatic carbocycles. The number of aromatic nitrogens is 4. The summed E-state index contributed by atoms with van der Waals surface area (Å²) in [6.45, 7) is 1.54. The van der Waals surface area contributed by atoms with Gasteiger partial charge in [-0.15, -0.1) is 0 Å². The van der Waals surface area contributed by atoms with Crippen molar-refractivity contribution in [3.8, 4) is 0 Å².